The van der Waals surface area contributed by atoms with Crippen molar-refractivity contribution in [2.45, 2.75) is 76.0 Å². The summed E-state index contributed by atoms with van der Waals surface area (Å²) in [4.78, 5) is 25.2. The molecule has 2 aliphatic heterocycles. The van der Waals surface area contributed by atoms with Gasteiger partial charge in [-0.05, 0) is 91.8 Å². The molecule has 0 radical (unpaired) electrons. The van der Waals surface area contributed by atoms with E-state index in [1.54, 1.807) is 0 Å². The first-order valence-electron chi connectivity index (χ1n) is 16.0. The van der Waals surface area contributed by atoms with Crippen LogP contribution in [0.1, 0.15) is 84.3 Å². The highest BCUT2D eigenvalue weighted by molar-refractivity contribution is 5.81. The summed E-state index contributed by atoms with van der Waals surface area (Å²) >= 11 is 0. The highest BCUT2D eigenvalue weighted by atomic mass is 16.7. The van der Waals surface area contributed by atoms with Crippen molar-refractivity contribution >= 4 is 11.6 Å². The Morgan fingerprint density at radius 2 is 1.07 bits per heavy atom. The van der Waals surface area contributed by atoms with Crippen LogP contribution in [0.15, 0.2) is 60.7 Å². The van der Waals surface area contributed by atoms with E-state index in [1.165, 1.54) is 0 Å². The number of fused-ring (bicyclic) bond motifs is 2. The second-order valence-electron chi connectivity index (χ2n) is 12.3. The van der Waals surface area contributed by atoms with Gasteiger partial charge in [0.1, 0.15) is 11.6 Å². The maximum absolute atomic E-state index is 12.6. The lowest BCUT2D eigenvalue weighted by Gasteiger charge is -2.28. The van der Waals surface area contributed by atoms with Crippen molar-refractivity contribution in [2.24, 2.45) is 0 Å². The molecule has 46 heavy (non-hydrogen) atoms. The highest BCUT2D eigenvalue weighted by Gasteiger charge is 2.27. The third-order valence-corrected chi connectivity index (χ3v) is 8.99. The lowest BCUT2D eigenvalue weighted by molar-refractivity contribution is -0.119. The summed E-state index contributed by atoms with van der Waals surface area (Å²) in [6.07, 6.45) is 6.84. The van der Waals surface area contributed by atoms with Crippen molar-refractivity contribution in [3.05, 3.63) is 94.6 Å². The lowest BCUT2D eigenvalue weighted by Crippen LogP contribution is -2.16. The summed E-state index contributed by atoms with van der Waals surface area (Å²) in [6.45, 7) is 0.445. The second-order valence-corrected chi connectivity index (χ2v) is 12.3. The number of carbonyl (C=O) groups excluding carboxylic acids is 2. The van der Waals surface area contributed by atoms with E-state index in [0.717, 1.165) is 71.1 Å². The number of ether oxygens (including phenoxy) is 4. The van der Waals surface area contributed by atoms with Crippen molar-refractivity contribution in [3.8, 4) is 23.0 Å². The first-order valence-corrected chi connectivity index (χ1v) is 16.0. The van der Waals surface area contributed by atoms with Gasteiger partial charge in [0.25, 0.3) is 0 Å². The van der Waals surface area contributed by atoms with Crippen molar-refractivity contribution in [1.29, 1.82) is 0 Å². The SMILES string of the molecule is O=C(CCc1ccc(C2CCCC(c3ccc(CCC(=O)Cc4ccc5c(c4)OCO5)nn3)C2)nn1)Cc1ccc2c(c1)OCO2. The first-order chi connectivity index (χ1) is 22.6. The molecule has 3 aliphatic rings. The molecule has 1 fully saturated rings. The number of hydrogen-bond donors (Lipinski definition) is 0. The van der Waals surface area contributed by atoms with Crippen LogP contribution in [0.3, 0.4) is 0 Å². The molecule has 2 atom stereocenters. The van der Waals surface area contributed by atoms with Crippen LogP contribution in [0.2, 0.25) is 0 Å². The lowest BCUT2D eigenvalue weighted by atomic mass is 9.78. The summed E-state index contributed by atoms with van der Waals surface area (Å²) in [5, 5.41) is 18.0. The molecule has 4 aromatic rings. The van der Waals surface area contributed by atoms with Gasteiger partial charge >= 0.3 is 0 Å². The van der Waals surface area contributed by atoms with Crippen LogP contribution in [-0.2, 0) is 35.3 Å². The van der Waals surface area contributed by atoms with E-state index in [1.807, 2.05) is 48.5 Å². The number of aromatic nitrogens is 4. The molecule has 236 valence electrons. The molecule has 7 rings (SSSR count). The number of ketones is 2. The van der Waals surface area contributed by atoms with Crippen molar-refractivity contribution in [3.63, 3.8) is 0 Å². The van der Waals surface area contributed by atoms with Crippen LogP contribution in [0.5, 0.6) is 23.0 Å². The Hall–Kier alpha value is -4.86. The third-order valence-electron chi connectivity index (χ3n) is 8.99. The van der Waals surface area contributed by atoms with Gasteiger partial charge in [-0.15, -0.1) is 0 Å². The van der Waals surface area contributed by atoms with E-state index in [4.69, 9.17) is 18.9 Å². The molecule has 1 saturated carbocycles. The van der Waals surface area contributed by atoms with E-state index < -0.39 is 0 Å². The van der Waals surface area contributed by atoms with Crippen LogP contribution in [0, 0.1) is 0 Å². The number of hydrogen-bond acceptors (Lipinski definition) is 10. The predicted molar refractivity (Wildman–Crippen MR) is 167 cm³/mol. The predicted octanol–water partition coefficient (Wildman–Crippen LogP) is 5.65. The monoisotopic (exact) mass is 620 g/mol. The Balaban J connectivity index is 0.866. The molecular formula is C36H36N4O6. The molecule has 0 N–H and O–H groups in total. The molecule has 2 unspecified atom stereocenters. The fourth-order valence-electron chi connectivity index (χ4n) is 6.44. The van der Waals surface area contributed by atoms with E-state index in [2.05, 4.69) is 32.5 Å². The number of aryl methyl sites for hydroxylation is 2. The van der Waals surface area contributed by atoms with Crippen LogP contribution in [-0.4, -0.2) is 45.5 Å². The van der Waals surface area contributed by atoms with Gasteiger partial charge in [0.05, 0.1) is 22.8 Å². The first kappa shape index (κ1) is 29.8. The average molecular weight is 621 g/mol. The minimum atomic E-state index is 0.153. The van der Waals surface area contributed by atoms with Gasteiger partial charge in [-0.3, -0.25) is 9.59 Å². The minimum Gasteiger partial charge on any atom is -0.454 e. The van der Waals surface area contributed by atoms with E-state index in [0.29, 0.717) is 61.9 Å². The van der Waals surface area contributed by atoms with Gasteiger partial charge in [0.15, 0.2) is 23.0 Å². The van der Waals surface area contributed by atoms with Crippen LogP contribution < -0.4 is 18.9 Å². The van der Waals surface area contributed by atoms with Gasteiger partial charge in [0, 0.05) is 37.5 Å². The third kappa shape index (κ3) is 7.17. The van der Waals surface area contributed by atoms with Crippen molar-refractivity contribution in [1.82, 2.24) is 20.4 Å². The summed E-state index contributed by atoms with van der Waals surface area (Å²) in [6, 6.07) is 19.4. The number of Topliss-reactive ketones (excluding diaryl/α,β-unsaturated/α-hetero) is 2. The molecule has 0 saturated heterocycles. The van der Waals surface area contributed by atoms with Crippen LogP contribution in [0.4, 0.5) is 0 Å². The number of rotatable bonds is 12. The van der Waals surface area contributed by atoms with E-state index in [-0.39, 0.29) is 25.2 Å². The van der Waals surface area contributed by atoms with Gasteiger partial charge in [0.2, 0.25) is 13.6 Å². The van der Waals surface area contributed by atoms with Crippen LogP contribution >= 0.6 is 0 Å². The van der Waals surface area contributed by atoms with Gasteiger partial charge < -0.3 is 18.9 Å². The topological polar surface area (TPSA) is 123 Å². The molecule has 0 amide bonds. The standard InChI is InChI=1S/C36H36N4O6/c41-29(16-23-4-14-33-35(18-23)45-21-43-33)10-6-27-8-12-31(39-37-27)25-2-1-3-26(20-25)32-13-9-28(38-40-32)7-11-30(42)17-24-5-15-34-36(19-24)46-22-44-34/h4-5,8-9,12-15,18-19,25-26H,1-3,6-7,10-11,16-17,20-22H2. The molecule has 10 nitrogen and oxygen atoms in total. The van der Waals surface area contributed by atoms with E-state index in [9.17, 15) is 9.59 Å². The molecule has 2 aromatic carbocycles. The summed E-state index contributed by atoms with van der Waals surface area (Å²) < 4.78 is 21.5. The number of benzene rings is 2. The average Bonchev–Trinajstić information content (AvgIpc) is 3.76. The van der Waals surface area contributed by atoms with Crippen LogP contribution in [0.25, 0.3) is 0 Å². The Labute approximate surface area is 267 Å². The molecule has 4 heterocycles. The zero-order valence-electron chi connectivity index (χ0n) is 25.7. The molecule has 10 heteroatoms. The molecule has 2 aromatic heterocycles. The number of nitrogens with zero attached hydrogens (tertiary/aromatic N) is 4. The molecular weight excluding hydrogens is 584 g/mol. The maximum atomic E-state index is 12.6. The quantitative estimate of drug-likeness (QED) is 0.196. The maximum Gasteiger partial charge on any atom is 0.231 e. The highest BCUT2D eigenvalue weighted by Crippen LogP contribution is 2.40. The Morgan fingerprint density at radius 3 is 1.52 bits per heavy atom. The normalized spacial score (nSPS) is 18.0. The number of carbonyl (C=O) groups is 2. The summed E-state index contributed by atoms with van der Waals surface area (Å²) in [5.74, 6) is 3.75. The minimum absolute atomic E-state index is 0.153. The van der Waals surface area contributed by atoms with Crippen molar-refractivity contribution in [2.75, 3.05) is 13.6 Å². The Bertz CT molecular complexity index is 1580. The zero-order chi connectivity index (χ0) is 31.3. The molecule has 0 spiro atoms. The summed E-state index contributed by atoms with van der Waals surface area (Å²) in [7, 11) is 0. The van der Waals surface area contributed by atoms with Gasteiger partial charge in [-0.25, -0.2) is 0 Å². The second kappa shape index (κ2) is 13.6. The smallest absolute Gasteiger partial charge is 0.231 e. The fourth-order valence-corrected chi connectivity index (χ4v) is 6.44. The zero-order valence-corrected chi connectivity index (χ0v) is 25.7. The molecule has 1 aliphatic carbocycles. The fraction of sp³-hybridized carbons (Fsp3) is 0.389. The molecule has 0 bridgehead atoms. The summed E-state index contributed by atoms with van der Waals surface area (Å²) in [5.41, 5.74) is 5.48. The largest absolute Gasteiger partial charge is 0.454 e. The Morgan fingerprint density at radius 1 is 0.587 bits per heavy atom. The Kier molecular flexibility index (Phi) is 8.85. The van der Waals surface area contributed by atoms with E-state index >= 15 is 0 Å². The van der Waals surface area contributed by atoms with Gasteiger partial charge in [-0.1, -0.05) is 18.6 Å². The van der Waals surface area contributed by atoms with Gasteiger partial charge in [-0.2, -0.15) is 20.4 Å². The van der Waals surface area contributed by atoms with Crippen molar-refractivity contribution < 1.29 is 28.5 Å².